The number of rotatable bonds is 7. The second-order valence-corrected chi connectivity index (χ2v) is 7.15. The lowest BCUT2D eigenvalue weighted by atomic mass is 10.1. The summed E-state index contributed by atoms with van der Waals surface area (Å²) in [5.41, 5.74) is 3.46. The van der Waals surface area contributed by atoms with Crippen LogP contribution < -0.4 is 5.32 Å². The molecule has 2 amide bonds. The van der Waals surface area contributed by atoms with Gasteiger partial charge in [0.1, 0.15) is 5.70 Å². The molecule has 6 heteroatoms. The Balaban J connectivity index is 1.58. The second kappa shape index (κ2) is 8.87. The van der Waals surface area contributed by atoms with Gasteiger partial charge in [0.05, 0.1) is 5.70 Å². The first kappa shape index (κ1) is 19.9. The topological polar surface area (TPSA) is 65.0 Å². The molecule has 0 aliphatic carbocycles. The average molecular weight is 380 g/mol. The fourth-order valence-corrected chi connectivity index (χ4v) is 3.52. The number of hydrogen-bond acceptors (Lipinski definition) is 4. The SMILES string of the molecule is C=C(C)/C=C\C(=C/C)NC(=O)CCCN1C(=O)C2=CCCN2C2=CCCN=C21. The summed E-state index contributed by atoms with van der Waals surface area (Å²) in [5, 5.41) is 2.89. The fourth-order valence-electron chi connectivity index (χ4n) is 3.52. The van der Waals surface area contributed by atoms with Crippen molar-refractivity contribution in [3.8, 4) is 0 Å². The maximum Gasteiger partial charge on any atom is 0.275 e. The number of piperazine rings is 1. The monoisotopic (exact) mass is 380 g/mol. The molecule has 0 aromatic heterocycles. The van der Waals surface area contributed by atoms with Crippen LogP contribution in [0.3, 0.4) is 0 Å². The molecule has 0 bridgehead atoms. The van der Waals surface area contributed by atoms with Gasteiger partial charge in [-0.3, -0.25) is 19.5 Å². The fraction of sp³-hybridized carbons (Fsp3) is 0.409. The van der Waals surface area contributed by atoms with E-state index in [1.54, 1.807) is 4.90 Å². The van der Waals surface area contributed by atoms with Crippen molar-refractivity contribution in [3.63, 3.8) is 0 Å². The molecule has 0 radical (unpaired) electrons. The maximum absolute atomic E-state index is 12.9. The van der Waals surface area contributed by atoms with Crippen molar-refractivity contribution in [1.82, 2.24) is 15.1 Å². The van der Waals surface area contributed by atoms with E-state index in [2.05, 4.69) is 27.9 Å². The highest BCUT2D eigenvalue weighted by atomic mass is 16.2. The third-order valence-electron chi connectivity index (χ3n) is 4.88. The Labute approximate surface area is 166 Å². The smallest absolute Gasteiger partial charge is 0.275 e. The van der Waals surface area contributed by atoms with Crippen LogP contribution in [-0.4, -0.2) is 47.1 Å². The molecule has 6 nitrogen and oxygen atoms in total. The van der Waals surface area contributed by atoms with Crippen LogP contribution in [0.2, 0.25) is 0 Å². The van der Waals surface area contributed by atoms with Gasteiger partial charge >= 0.3 is 0 Å². The number of amidine groups is 1. The van der Waals surface area contributed by atoms with Gasteiger partial charge in [0.2, 0.25) is 5.91 Å². The summed E-state index contributed by atoms with van der Waals surface area (Å²) in [6.45, 7) is 9.62. The van der Waals surface area contributed by atoms with Crippen molar-refractivity contribution >= 4 is 17.6 Å². The maximum atomic E-state index is 12.9. The molecule has 0 aromatic carbocycles. The molecule has 3 heterocycles. The molecule has 1 saturated heterocycles. The molecule has 0 spiro atoms. The second-order valence-electron chi connectivity index (χ2n) is 7.15. The van der Waals surface area contributed by atoms with E-state index >= 15 is 0 Å². The molecule has 3 aliphatic rings. The van der Waals surface area contributed by atoms with E-state index in [-0.39, 0.29) is 11.8 Å². The van der Waals surface area contributed by atoms with Gasteiger partial charge in [-0.05, 0) is 39.2 Å². The minimum Gasteiger partial charge on any atom is -0.334 e. The number of dihydropyridines is 1. The van der Waals surface area contributed by atoms with Crippen molar-refractivity contribution in [2.24, 2.45) is 4.99 Å². The number of allylic oxidation sites excluding steroid dienone is 4. The standard InChI is InChI=1S/C22H28N4O2/c1-4-17(12-11-16(2)3)24-20(27)10-7-15-26-21-18(8-5-13-23-21)25-14-6-9-19(25)22(26)28/h4,8-9,11-12H,2,5-7,10,13-15H2,1,3H3,(H,24,27)/b12-11-,17-4+. The van der Waals surface area contributed by atoms with Crippen molar-refractivity contribution in [3.05, 3.63) is 59.6 Å². The number of carbonyl (C=O) groups excluding carboxylic acids is 2. The predicted molar refractivity (Wildman–Crippen MR) is 111 cm³/mol. The number of nitrogens with zero attached hydrogens (tertiary/aromatic N) is 3. The number of carbonyl (C=O) groups is 2. The highest BCUT2D eigenvalue weighted by Gasteiger charge is 2.39. The highest BCUT2D eigenvalue weighted by molar-refractivity contribution is 6.16. The molecular formula is C22H28N4O2. The summed E-state index contributed by atoms with van der Waals surface area (Å²) in [4.78, 5) is 33.6. The molecule has 28 heavy (non-hydrogen) atoms. The number of nitrogens with one attached hydrogen (secondary N) is 1. The Bertz CT molecular complexity index is 829. The van der Waals surface area contributed by atoms with E-state index < -0.39 is 0 Å². The van der Waals surface area contributed by atoms with Crippen LogP contribution in [0.15, 0.2) is 64.6 Å². The summed E-state index contributed by atoms with van der Waals surface area (Å²) >= 11 is 0. The van der Waals surface area contributed by atoms with Gasteiger partial charge in [-0.15, -0.1) is 0 Å². The summed E-state index contributed by atoms with van der Waals surface area (Å²) in [7, 11) is 0. The largest absolute Gasteiger partial charge is 0.334 e. The molecule has 0 aromatic rings. The molecule has 0 atom stereocenters. The van der Waals surface area contributed by atoms with Crippen LogP contribution in [-0.2, 0) is 9.59 Å². The molecule has 0 unspecified atom stereocenters. The third-order valence-corrected chi connectivity index (χ3v) is 4.88. The van der Waals surface area contributed by atoms with Gasteiger partial charge in [-0.2, -0.15) is 0 Å². The molecule has 1 N–H and O–H groups in total. The number of aliphatic imine (C=N–C) groups is 1. The van der Waals surface area contributed by atoms with Gasteiger partial charge in [0, 0.05) is 31.8 Å². The third kappa shape index (κ3) is 4.32. The van der Waals surface area contributed by atoms with Gasteiger partial charge in [0.25, 0.3) is 5.91 Å². The van der Waals surface area contributed by atoms with Crippen molar-refractivity contribution in [1.29, 1.82) is 0 Å². The Hall–Kier alpha value is -2.89. The molecule has 3 rings (SSSR count). The van der Waals surface area contributed by atoms with Crippen molar-refractivity contribution in [2.45, 2.75) is 39.5 Å². The Morgan fingerprint density at radius 1 is 1.29 bits per heavy atom. The zero-order chi connectivity index (χ0) is 20.1. The lowest BCUT2D eigenvalue weighted by Crippen LogP contribution is -2.51. The summed E-state index contributed by atoms with van der Waals surface area (Å²) in [6.07, 6.45) is 12.4. The minimum atomic E-state index is -0.0630. The molecule has 3 aliphatic heterocycles. The first-order valence-electron chi connectivity index (χ1n) is 9.85. The highest BCUT2D eigenvalue weighted by Crippen LogP contribution is 2.31. The van der Waals surface area contributed by atoms with E-state index in [9.17, 15) is 9.59 Å². The van der Waals surface area contributed by atoms with E-state index in [1.165, 1.54) is 0 Å². The summed E-state index contributed by atoms with van der Waals surface area (Å²) < 4.78 is 0. The van der Waals surface area contributed by atoms with Crippen LogP contribution in [0.25, 0.3) is 0 Å². The van der Waals surface area contributed by atoms with Gasteiger partial charge < -0.3 is 10.2 Å². The predicted octanol–water partition coefficient (Wildman–Crippen LogP) is 3.04. The Kier molecular flexibility index (Phi) is 6.29. The summed E-state index contributed by atoms with van der Waals surface area (Å²) in [5.74, 6) is 0.690. The van der Waals surface area contributed by atoms with E-state index in [1.807, 2.05) is 38.2 Å². The number of hydrogen-bond donors (Lipinski definition) is 1. The molecule has 0 saturated carbocycles. The number of amides is 2. The first-order valence-corrected chi connectivity index (χ1v) is 9.85. The summed E-state index contributed by atoms with van der Waals surface area (Å²) in [6, 6.07) is 0. The van der Waals surface area contributed by atoms with Crippen LogP contribution >= 0.6 is 0 Å². The molecular weight excluding hydrogens is 352 g/mol. The van der Waals surface area contributed by atoms with Crippen molar-refractivity contribution < 1.29 is 9.59 Å². The van der Waals surface area contributed by atoms with Gasteiger partial charge in [-0.1, -0.05) is 36.5 Å². The van der Waals surface area contributed by atoms with E-state index in [0.717, 1.165) is 47.9 Å². The van der Waals surface area contributed by atoms with Crippen LogP contribution in [0.4, 0.5) is 0 Å². The van der Waals surface area contributed by atoms with Crippen LogP contribution in [0.5, 0.6) is 0 Å². The average Bonchev–Trinajstić information content (AvgIpc) is 3.18. The first-order chi connectivity index (χ1) is 13.5. The lowest BCUT2D eigenvalue weighted by molar-refractivity contribution is -0.126. The Morgan fingerprint density at radius 3 is 2.82 bits per heavy atom. The van der Waals surface area contributed by atoms with Gasteiger partial charge in [-0.25, -0.2) is 0 Å². The lowest BCUT2D eigenvalue weighted by Gasteiger charge is -2.39. The minimum absolute atomic E-state index is 0.00533. The van der Waals surface area contributed by atoms with E-state index in [0.29, 0.717) is 25.9 Å². The van der Waals surface area contributed by atoms with Crippen molar-refractivity contribution in [2.75, 3.05) is 19.6 Å². The van der Waals surface area contributed by atoms with Crippen LogP contribution in [0.1, 0.15) is 39.5 Å². The zero-order valence-corrected chi connectivity index (χ0v) is 16.7. The van der Waals surface area contributed by atoms with Gasteiger partial charge in [0.15, 0.2) is 5.84 Å². The van der Waals surface area contributed by atoms with Crippen LogP contribution in [0, 0.1) is 0 Å². The molecule has 148 valence electrons. The quantitative estimate of drug-likeness (QED) is 0.691. The Morgan fingerprint density at radius 2 is 2.07 bits per heavy atom. The number of fused-ring (bicyclic) bond motifs is 3. The normalized spacial score (nSPS) is 19.1. The van der Waals surface area contributed by atoms with E-state index in [4.69, 9.17) is 0 Å². The zero-order valence-electron chi connectivity index (χ0n) is 16.7. The molecule has 1 fully saturated rings.